The lowest BCUT2D eigenvalue weighted by molar-refractivity contribution is -0.130. The number of nitrogens with zero attached hydrogens (tertiary/aromatic N) is 1. The number of carbonyl (C=O) groups is 1. The molecule has 0 aliphatic carbocycles. The highest BCUT2D eigenvalue weighted by molar-refractivity contribution is 5.81. The maximum Gasteiger partial charge on any atom is 0.264 e. The number of hydrogen-bond donors (Lipinski definition) is 1. The lowest BCUT2D eigenvalue weighted by Crippen LogP contribution is -2.48. The van der Waals surface area contributed by atoms with Crippen LogP contribution >= 0.6 is 0 Å². The van der Waals surface area contributed by atoms with Gasteiger partial charge in [0.1, 0.15) is 6.61 Å². The normalized spacial score (nSPS) is 17.7. The first-order valence-electron chi connectivity index (χ1n) is 7.18. The Bertz CT molecular complexity index is 500. The first-order valence-corrected chi connectivity index (χ1v) is 7.18. The SMILES string of the molecule is CN(C)CC(C)(C)CNC(=O)[C@H]1COc2ccccc2O1. The van der Waals surface area contributed by atoms with Crippen LogP contribution in [-0.4, -0.2) is 50.7 Å². The van der Waals surface area contributed by atoms with Gasteiger partial charge in [0.15, 0.2) is 11.5 Å². The summed E-state index contributed by atoms with van der Waals surface area (Å²) < 4.78 is 11.3. The predicted molar refractivity (Wildman–Crippen MR) is 81.7 cm³/mol. The summed E-state index contributed by atoms with van der Waals surface area (Å²) in [5.74, 6) is 1.18. The van der Waals surface area contributed by atoms with Crippen molar-refractivity contribution in [3.05, 3.63) is 24.3 Å². The zero-order chi connectivity index (χ0) is 15.5. The molecule has 1 atom stereocenters. The molecule has 5 nitrogen and oxygen atoms in total. The van der Waals surface area contributed by atoms with Gasteiger partial charge in [0.05, 0.1) is 0 Å². The molecule has 1 aliphatic heterocycles. The van der Waals surface area contributed by atoms with Crippen molar-refractivity contribution in [2.75, 3.05) is 33.8 Å². The minimum absolute atomic E-state index is 0.00654. The van der Waals surface area contributed by atoms with E-state index in [2.05, 4.69) is 24.1 Å². The first-order chi connectivity index (χ1) is 9.87. The second-order valence-electron chi connectivity index (χ2n) is 6.48. The molecule has 0 saturated heterocycles. The molecule has 0 aromatic heterocycles. The Morgan fingerprint density at radius 2 is 2.00 bits per heavy atom. The van der Waals surface area contributed by atoms with Crippen LogP contribution in [0, 0.1) is 5.41 Å². The summed E-state index contributed by atoms with van der Waals surface area (Å²) in [5.41, 5.74) is 0.00654. The van der Waals surface area contributed by atoms with E-state index < -0.39 is 6.10 Å². The van der Waals surface area contributed by atoms with Crippen molar-refractivity contribution < 1.29 is 14.3 Å². The van der Waals surface area contributed by atoms with Crippen LogP contribution in [-0.2, 0) is 4.79 Å². The maximum absolute atomic E-state index is 12.2. The van der Waals surface area contributed by atoms with Crippen molar-refractivity contribution >= 4 is 5.91 Å². The van der Waals surface area contributed by atoms with Gasteiger partial charge in [-0.05, 0) is 31.6 Å². The van der Waals surface area contributed by atoms with Gasteiger partial charge in [0.2, 0.25) is 6.10 Å². The fourth-order valence-electron chi connectivity index (χ4n) is 2.50. The van der Waals surface area contributed by atoms with E-state index in [1.807, 2.05) is 38.4 Å². The Labute approximate surface area is 126 Å². The van der Waals surface area contributed by atoms with Crippen molar-refractivity contribution in [3.8, 4) is 11.5 Å². The Kier molecular flexibility index (Phi) is 4.73. The number of hydrogen-bond acceptors (Lipinski definition) is 4. The monoisotopic (exact) mass is 292 g/mol. The van der Waals surface area contributed by atoms with Crippen LogP contribution in [0.1, 0.15) is 13.8 Å². The van der Waals surface area contributed by atoms with Gasteiger partial charge >= 0.3 is 0 Å². The minimum atomic E-state index is -0.588. The summed E-state index contributed by atoms with van der Waals surface area (Å²) in [6.45, 7) is 6.00. The van der Waals surface area contributed by atoms with Gasteiger partial charge < -0.3 is 19.7 Å². The van der Waals surface area contributed by atoms with E-state index in [0.717, 1.165) is 6.54 Å². The minimum Gasteiger partial charge on any atom is -0.485 e. The number of para-hydroxylation sites is 2. The second-order valence-corrected chi connectivity index (χ2v) is 6.48. The van der Waals surface area contributed by atoms with Gasteiger partial charge in [0.25, 0.3) is 5.91 Å². The largest absolute Gasteiger partial charge is 0.485 e. The van der Waals surface area contributed by atoms with Gasteiger partial charge in [-0.25, -0.2) is 0 Å². The van der Waals surface area contributed by atoms with Gasteiger partial charge in [-0.2, -0.15) is 0 Å². The molecule has 2 rings (SSSR count). The Balaban J connectivity index is 1.88. The fourth-order valence-corrected chi connectivity index (χ4v) is 2.50. The number of benzene rings is 1. The Morgan fingerprint density at radius 3 is 2.67 bits per heavy atom. The zero-order valence-electron chi connectivity index (χ0n) is 13.2. The van der Waals surface area contributed by atoms with Crippen LogP contribution in [0.15, 0.2) is 24.3 Å². The summed E-state index contributed by atoms with van der Waals surface area (Å²) in [6.07, 6.45) is -0.588. The summed E-state index contributed by atoms with van der Waals surface area (Å²) in [7, 11) is 4.05. The number of nitrogens with one attached hydrogen (secondary N) is 1. The average Bonchev–Trinajstić information content (AvgIpc) is 2.43. The molecule has 1 aromatic carbocycles. The molecule has 116 valence electrons. The highest BCUT2D eigenvalue weighted by Gasteiger charge is 2.28. The molecule has 0 bridgehead atoms. The smallest absolute Gasteiger partial charge is 0.264 e. The van der Waals surface area contributed by atoms with E-state index in [0.29, 0.717) is 18.0 Å². The Hall–Kier alpha value is -1.75. The third-order valence-corrected chi connectivity index (χ3v) is 3.29. The second kappa shape index (κ2) is 6.35. The van der Waals surface area contributed by atoms with Crippen LogP contribution in [0.3, 0.4) is 0 Å². The lowest BCUT2D eigenvalue weighted by atomic mass is 9.93. The molecule has 1 aliphatic rings. The number of ether oxygens (including phenoxy) is 2. The van der Waals surface area contributed by atoms with Gasteiger partial charge in [-0.3, -0.25) is 4.79 Å². The number of rotatable bonds is 5. The van der Waals surface area contributed by atoms with Gasteiger partial charge in [-0.15, -0.1) is 0 Å². The Morgan fingerprint density at radius 1 is 1.33 bits per heavy atom. The van der Waals surface area contributed by atoms with E-state index >= 15 is 0 Å². The molecule has 0 fully saturated rings. The molecule has 0 radical (unpaired) electrons. The summed E-state index contributed by atoms with van der Waals surface area (Å²) in [6, 6.07) is 7.39. The lowest BCUT2D eigenvalue weighted by Gasteiger charge is -2.30. The standard InChI is InChI=1S/C16H24N2O3/c1-16(2,11-18(3)4)10-17-15(19)14-9-20-12-7-5-6-8-13(12)21-14/h5-8,14H,9-11H2,1-4H3,(H,17,19)/t14-/m1/s1. The number of fused-ring (bicyclic) bond motifs is 1. The van der Waals surface area contributed by atoms with Crippen molar-refractivity contribution in [2.45, 2.75) is 20.0 Å². The van der Waals surface area contributed by atoms with Crippen molar-refractivity contribution in [1.29, 1.82) is 0 Å². The molecule has 0 unspecified atom stereocenters. The molecule has 0 spiro atoms. The molecular weight excluding hydrogens is 268 g/mol. The van der Waals surface area contributed by atoms with Crippen LogP contribution in [0.5, 0.6) is 11.5 Å². The highest BCUT2D eigenvalue weighted by atomic mass is 16.6. The van der Waals surface area contributed by atoms with E-state index in [9.17, 15) is 4.79 Å². The van der Waals surface area contributed by atoms with Gasteiger partial charge in [-0.1, -0.05) is 26.0 Å². The van der Waals surface area contributed by atoms with E-state index in [1.165, 1.54) is 0 Å². The number of amides is 1. The van der Waals surface area contributed by atoms with E-state index in [1.54, 1.807) is 0 Å². The van der Waals surface area contributed by atoms with Crippen molar-refractivity contribution in [3.63, 3.8) is 0 Å². The highest BCUT2D eigenvalue weighted by Crippen LogP contribution is 2.30. The van der Waals surface area contributed by atoms with E-state index in [-0.39, 0.29) is 17.9 Å². The van der Waals surface area contributed by atoms with Crippen LogP contribution in [0.2, 0.25) is 0 Å². The number of carbonyl (C=O) groups excluding carboxylic acids is 1. The molecule has 1 heterocycles. The summed E-state index contributed by atoms with van der Waals surface area (Å²) >= 11 is 0. The van der Waals surface area contributed by atoms with Crippen molar-refractivity contribution in [2.24, 2.45) is 5.41 Å². The quantitative estimate of drug-likeness (QED) is 0.894. The summed E-state index contributed by atoms with van der Waals surface area (Å²) in [5, 5.41) is 2.96. The molecule has 0 saturated carbocycles. The van der Waals surface area contributed by atoms with Gasteiger partial charge in [0, 0.05) is 13.1 Å². The molecule has 1 N–H and O–H groups in total. The van der Waals surface area contributed by atoms with Crippen molar-refractivity contribution in [1.82, 2.24) is 10.2 Å². The van der Waals surface area contributed by atoms with E-state index in [4.69, 9.17) is 9.47 Å². The molecular formula is C16H24N2O3. The third kappa shape index (κ3) is 4.36. The molecule has 1 aromatic rings. The molecule has 5 heteroatoms. The molecule has 1 amide bonds. The molecule has 21 heavy (non-hydrogen) atoms. The third-order valence-electron chi connectivity index (χ3n) is 3.29. The average molecular weight is 292 g/mol. The summed E-state index contributed by atoms with van der Waals surface area (Å²) in [4.78, 5) is 14.3. The first kappa shape index (κ1) is 15.6. The van der Waals surface area contributed by atoms with Crippen LogP contribution in [0.4, 0.5) is 0 Å². The topological polar surface area (TPSA) is 50.8 Å². The van der Waals surface area contributed by atoms with Crippen LogP contribution in [0.25, 0.3) is 0 Å². The predicted octanol–water partition coefficient (Wildman–Crippen LogP) is 1.53. The van der Waals surface area contributed by atoms with Crippen LogP contribution < -0.4 is 14.8 Å². The fraction of sp³-hybridized carbons (Fsp3) is 0.562. The zero-order valence-corrected chi connectivity index (χ0v) is 13.2. The maximum atomic E-state index is 12.2.